The maximum absolute atomic E-state index is 11.8. The Labute approximate surface area is 149 Å². The fraction of sp³-hybridized carbons (Fsp3) is 0.929. The van der Waals surface area contributed by atoms with Crippen LogP contribution in [0.1, 0.15) is 59.3 Å². The molecule has 0 spiro atoms. The zero-order valence-electron chi connectivity index (χ0n) is 12.3. The normalized spacial score (nSPS) is 19.8. The van der Waals surface area contributed by atoms with E-state index in [0.717, 1.165) is 12.8 Å². The van der Waals surface area contributed by atoms with E-state index in [-0.39, 0.29) is 63.2 Å². The first-order chi connectivity index (χ1) is 7.47. The zero-order chi connectivity index (χ0) is 12.2. The van der Waals surface area contributed by atoms with Crippen LogP contribution in [0.5, 0.6) is 0 Å². The van der Waals surface area contributed by atoms with Crippen molar-refractivity contribution in [2.45, 2.75) is 59.3 Å². The van der Waals surface area contributed by atoms with E-state index in [2.05, 4.69) is 26.1 Å². The predicted octanol–water partition coefficient (Wildman–Crippen LogP) is 1.15. The summed E-state index contributed by atoms with van der Waals surface area (Å²) in [6.45, 7) is 6.72. The average molecular weight is 263 g/mol. The average Bonchev–Trinajstić information content (AvgIpc) is 2.62. The minimum atomic E-state index is 0. The second kappa shape index (κ2) is 8.31. The molecule has 0 bridgehead atoms. The molecule has 1 aliphatic rings. The third kappa shape index (κ3) is 6.19. The molecule has 0 aliphatic heterocycles. The zero-order valence-corrected chi connectivity index (χ0v) is 15.4. The van der Waals surface area contributed by atoms with Crippen molar-refractivity contribution in [3.8, 4) is 0 Å². The molecule has 1 amide bonds. The van der Waals surface area contributed by atoms with E-state index in [4.69, 9.17) is 0 Å². The summed E-state index contributed by atoms with van der Waals surface area (Å²) in [5.74, 6) is 0.857. The van der Waals surface area contributed by atoms with Crippen molar-refractivity contribution in [3.05, 3.63) is 5.32 Å². The van der Waals surface area contributed by atoms with Crippen molar-refractivity contribution in [3.63, 3.8) is 0 Å². The van der Waals surface area contributed by atoms with E-state index in [1.54, 1.807) is 7.05 Å². The van der Waals surface area contributed by atoms with Crippen molar-refractivity contribution in [1.29, 1.82) is 0 Å². The number of rotatable bonds is 5. The summed E-state index contributed by atoms with van der Waals surface area (Å²) in [6.07, 6.45) is 7.29. The number of hydrogen-bond donors (Lipinski definition) is 0. The molecule has 0 aromatic rings. The molecular weight excluding hydrogens is 237 g/mol. The van der Waals surface area contributed by atoms with Gasteiger partial charge in [0, 0.05) is 5.92 Å². The van der Waals surface area contributed by atoms with Gasteiger partial charge in [-0.15, -0.1) is 7.05 Å². The molecular formula is C14H26KNO. The second-order valence-corrected chi connectivity index (χ2v) is 6.11. The van der Waals surface area contributed by atoms with Gasteiger partial charge < -0.3 is 10.1 Å². The van der Waals surface area contributed by atoms with E-state index in [9.17, 15) is 4.79 Å². The molecule has 1 fully saturated rings. The molecule has 1 saturated carbocycles. The summed E-state index contributed by atoms with van der Waals surface area (Å²) in [7, 11) is 1.63. The van der Waals surface area contributed by atoms with Crippen LogP contribution < -0.4 is 51.4 Å². The minimum absolute atomic E-state index is 0. The number of carbonyl (C=O) groups excluding carboxylic acids is 1. The molecule has 1 unspecified atom stereocenters. The summed E-state index contributed by atoms with van der Waals surface area (Å²) in [4.78, 5) is 11.8. The maximum atomic E-state index is 11.8. The van der Waals surface area contributed by atoms with E-state index < -0.39 is 0 Å². The molecule has 1 aliphatic carbocycles. The summed E-state index contributed by atoms with van der Waals surface area (Å²) in [5, 5.41) is 3.88. The van der Waals surface area contributed by atoms with Gasteiger partial charge in [-0.3, -0.25) is 0 Å². The Kier molecular flexibility index (Phi) is 8.85. The Hall–Kier alpha value is 1.11. The smallest absolute Gasteiger partial charge is 0.656 e. The molecule has 0 aromatic carbocycles. The Morgan fingerprint density at radius 2 is 1.82 bits per heavy atom. The second-order valence-electron chi connectivity index (χ2n) is 6.11. The van der Waals surface area contributed by atoms with Gasteiger partial charge in [0.15, 0.2) is 0 Å². The van der Waals surface area contributed by atoms with Gasteiger partial charge in [0.05, 0.1) is 5.91 Å². The first-order valence-electron chi connectivity index (χ1n) is 6.60. The van der Waals surface area contributed by atoms with Gasteiger partial charge in [0.25, 0.3) is 0 Å². The van der Waals surface area contributed by atoms with Crippen molar-refractivity contribution in [1.82, 2.24) is 0 Å². The van der Waals surface area contributed by atoms with Crippen LogP contribution in [-0.2, 0) is 4.79 Å². The topological polar surface area (TPSA) is 31.2 Å². The molecule has 94 valence electrons. The van der Waals surface area contributed by atoms with Crippen LogP contribution in [0, 0.1) is 17.3 Å². The van der Waals surface area contributed by atoms with E-state index in [0.29, 0.717) is 11.3 Å². The summed E-state index contributed by atoms with van der Waals surface area (Å²) in [5.41, 5.74) is 0.403. The van der Waals surface area contributed by atoms with E-state index >= 15 is 0 Å². The standard InChI is InChI=1S/C14H27NO.K/c1-11(2)9-12(13(16)15-4)10-14(3)7-5-6-8-14;/h11-12H,5-10H2,1-4H3,(H,15,16);/q;+1/p-1. The molecule has 0 aromatic heterocycles. The number of carbonyl (C=O) groups is 1. The summed E-state index contributed by atoms with van der Waals surface area (Å²) >= 11 is 0. The predicted molar refractivity (Wildman–Crippen MR) is 68.4 cm³/mol. The Bertz CT molecular complexity index is 234. The van der Waals surface area contributed by atoms with Crippen molar-refractivity contribution in [2.75, 3.05) is 7.05 Å². The Morgan fingerprint density at radius 1 is 1.29 bits per heavy atom. The molecule has 1 atom stereocenters. The van der Waals surface area contributed by atoms with Gasteiger partial charge in [-0.2, -0.15) is 0 Å². The van der Waals surface area contributed by atoms with Crippen LogP contribution >= 0.6 is 0 Å². The number of amides is 1. The van der Waals surface area contributed by atoms with Crippen molar-refractivity contribution >= 4 is 5.91 Å². The molecule has 0 radical (unpaired) electrons. The summed E-state index contributed by atoms with van der Waals surface area (Å²) < 4.78 is 0. The first kappa shape index (κ1) is 18.1. The van der Waals surface area contributed by atoms with Gasteiger partial charge in [-0.05, 0) is 37.0 Å². The third-order valence-electron chi connectivity index (χ3n) is 3.88. The monoisotopic (exact) mass is 263 g/mol. The molecule has 3 heteroatoms. The summed E-state index contributed by atoms with van der Waals surface area (Å²) in [6, 6.07) is 0. The molecule has 0 heterocycles. The number of nitrogens with zero attached hydrogens (tertiary/aromatic N) is 1. The van der Waals surface area contributed by atoms with E-state index in [1.165, 1.54) is 25.7 Å². The minimum Gasteiger partial charge on any atom is -0.656 e. The molecule has 2 nitrogen and oxygen atoms in total. The maximum Gasteiger partial charge on any atom is 1.00 e. The SMILES string of the molecule is C[N-]C(=O)C(CC(C)C)CC1(C)CCCC1.[K+]. The van der Waals surface area contributed by atoms with Crippen LogP contribution in [-0.4, -0.2) is 13.0 Å². The fourth-order valence-corrected chi connectivity index (χ4v) is 3.05. The van der Waals surface area contributed by atoms with E-state index in [1.807, 2.05) is 0 Å². The van der Waals surface area contributed by atoms with Gasteiger partial charge in [0.2, 0.25) is 0 Å². The molecule has 0 N–H and O–H groups in total. The molecule has 17 heavy (non-hydrogen) atoms. The van der Waals surface area contributed by atoms with Crippen LogP contribution in [0.2, 0.25) is 0 Å². The molecule has 0 saturated heterocycles. The van der Waals surface area contributed by atoms with Crippen LogP contribution in [0.4, 0.5) is 0 Å². The van der Waals surface area contributed by atoms with Crippen molar-refractivity contribution in [2.24, 2.45) is 17.3 Å². The Morgan fingerprint density at radius 3 is 2.24 bits per heavy atom. The Balaban J connectivity index is 0.00000256. The molecule has 1 rings (SSSR count). The van der Waals surface area contributed by atoms with Gasteiger partial charge >= 0.3 is 51.4 Å². The van der Waals surface area contributed by atoms with Crippen LogP contribution in [0.3, 0.4) is 0 Å². The van der Waals surface area contributed by atoms with Gasteiger partial charge in [0.1, 0.15) is 0 Å². The van der Waals surface area contributed by atoms with Gasteiger partial charge in [-0.1, -0.05) is 33.6 Å². The fourth-order valence-electron chi connectivity index (χ4n) is 3.05. The van der Waals surface area contributed by atoms with Crippen molar-refractivity contribution < 1.29 is 56.2 Å². The van der Waals surface area contributed by atoms with Crippen LogP contribution in [0.25, 0.3) is 5.32 Å². The van der Waals surface area contributed by atoms with Crippen LogP contribution in [0.15, 0.2) is 0 Å². The third-order valence-corrected chi connectivity index (χ3v) is 3.88. The number of hydrogen-bond acceptors (Lipinski definition) is 1. The van der Waals surface area contributed by atoms with Gasteiger partial charge in [-0.25, -0.2) is 0 Å². The first-order valence-corrected chi connectivity index (χ1v) is 6.60. The largest absolute Gasteiger partial charge is 1.00 e. The quantitative estimate of drug-likeness (QED) is 0.685.